The summed E-state index contributed by atoms with van der Waals surface area (Å²) >= 11 is 0. The third-order valence-corrected chi connectivity index (χ3v) is 11.2. The number of hydrogen-bond acceptors (Lipinski definition) is 7. The molecule has 7 rings (SSSR count). The summed E-state index contributed by atoms with van der Waals surface area (Å²) in [6, 6.07) is 9.97. The van der Waals surface area contributed by atoms with Crippen molar-refractivity contribution in [1.82, 2.24) is 10.3 Å². The Morgan fingerprint density at radius 2 is 1.85 bits per heavy atom. The van der Waals surface area contributed by atoms with Crippen molar-refractivity contribution in [2.24, 2.45) is 17.8 Å². The summed E-state index contributed by atoms with van der Waals surface area (Å²) in [6.07, 6.45) is 17.0. The number of nitrogens with zero attached hydrogens (tertiary/aromatic N) is 1. The number of nitrogens with one attached hydrogen (secondary N) is 1. The van der Waals surface area contributed by atoms with Gasteiger partial charge < -0.3 is 40.2 Å². The van der Waals surface area contributed by atoms with E-state index in [1.165, 1.54) is 12.7 Å². The Bertz CT molecular complexity index is 1600. The fourth-order valence-corrected chi connectivity index (χ4v) is 8.72. The largest absolute Gasteiger partial charge is 0.670 e. The number of aliphatic hydroxyl groups is 1. The van der Waals surface area contributed by atoms with Gasteiger partial charge in [-0.05, 0) is 86.6 Å². The van der Waals surface area contributed by atoms with E-state index in [0.29, 0.717) is 47.6 Å². The number of rotatable bonds is 7. The normalized spacial score (nSPS) is 32.1. The van der Waals surface area contributed by atoms with Gasteiger partial charge in [-0.15, -0.1) is 0 Å². The summed E-state index contributed by atoms with van der Waals surface area (Å²) in [6.45, 7) is 0. The number of ether oxygens (including phenoxy) is 2. The van der Waals surface area contributed by atoms with Crippen LogP contribution < -0.4 is 15.0 Å². The van der Waals surface area contributed by atoms with Gasteiger partial charge in [0.15, 0.2) is 11.5 Å². The summed E-state index contributed by atoms with van der Waals surface area (Å²) in [7, 11) is 3.49. The highest BCUT2D eigenvalue weighted by Gasteiger charge is 2.44. The number of allylic oxidation sites excluding steroid dienone is 3. The number of aromatic nitrogens is 1. The number of methoxy groups -OCH3 is 1. The van der Waals surface area contributed by atoms with Crippen molar-refractivity contribution in [1.29, 1.82) is 0 Å². The number of fused-ring (bicyclic) bond motifs is 2. The molecule has 9 unspecified atom stereocenters. The van der Waals surface area contributed by atoms with Gasteiger partial charge in [-0.2, -0.15) is 12.4 Å². The second-order valence-corrected chi connectivity index (χ2v) is 13.7. The molecule has 0 spiro atoms. The van der Waals surface area contributed by atoms with E-state index in [1.54, 1.807) is 18.5 Å². The standard InChI is InChI=1S/C38H45N2O6/c1-39-25-8-10-26-24(15-25)4-3-5-27(26)29-16-22(7-11-32(29)41)23-6-9-28-33(42)19-36(46-35(28)17-23)30-18-34(43)37(44)38(45-2)31(30)14-21-12-13-40-20-21/h3,5,7-8,10-13,16,18,20,23-28,33,35-36,39,41-44H,4,6,9,14-15,17,19H2,1-2H3/q-1. The first-order valence-corrected chi connectivity index (χ1v) is 16.7. The van der Waals surface area contributed by atoms with Crippen LogP contribution in [0.1, 0.15) is 84.3 Å². The van der Waals surface area contributed by atoms with Crippen LogP contribution in [-0.2, 0) is 11.2 Å². The highest BCUT2D eigenvalue weighted by Crippen LogP contribution is 2.51. The van der Waals surface area contributed by atoms with Crippen LogP contribution in [0, 0.1) is 17.8 Å². The van der Waals surface area contributed by atoms with Crippen LogP contribution >= 0.6 is 0 Å². The number of likely N-dealkylation sites (N-methyl/N-ethyl adjacent to an activating group) is 1. The zero-order valence-corrected chi connectivity index (χ0v) is 26.5. The van der Waals surface area contributed by atoms with E-state index in [4.69, 9.17) is 9.47 Å². The summed E-state index contributed by atoms with van der Waals surface area (Å²) in [5, 5.41) is 47.2. The minimum absolute atomic E-state index is 0.0222. The maximum absolute atomic E-state index is 11.4. The molecule has 4 aliphatic rings. The molecular formula is C38H45N2O6-. The molecule has 1 saturated heterocycles. The van der Waals surface area contributed by atoms with Crippen molar-refractivity contribution in [2.45, 2.75) is 81.1 Å². The maximum Gasteiger partial charge on any atom is 0.200 e. The van der Waals surface area contributed by atoms with E-state index >= 15 is 0 Å². The molecule has 8 heteroatoms. The van der Waals surface area contributed by atoms with Gasteiger partial charge in [-0.1, -0.05) is 48.1 Å². The van der Waals surface area contributed by atoms with E-state index in [2.05, 4.69) is 40.7 Å². The molecule has 5 N–H and O–H groups in total. The smallest absolute Gasteiger partial charge is 0.200 e. The lowest BCUT2D eigenvalue weighted by atomic mass is 9.67. The predicted octanol–water partition coefficient (Wildman–Crippen LogP) is 5.96. The molecule has 1 aromatic heterocycles. The molecule has 8 nitrogen and oxygen atoms in total. The summed E-state index contributed by atoms with van der Waals surface area (Å²) in [5.74, 6) is 1.26. The Morgan fingerprint density at radius 3 is 2.63 bits per heavy atom. The Labute approximate surface area is 270 Å². The maximum atomic E-state index is 11.4. The minimum atomic E-state index is -0.556. The summed E-state index contributed by atoms with van der Waals surface area (Å²) < 4.78 is 12.4. The number of hydrogen-bond donors (Lipinski definition) is 5. The molecule has 2 heterocycles. The molecule has 9 atom stereocenters. The third kappa shape index (κ3) is 5.72. The van der Waals surface area contributed by atoms with Gasteiger partial charge in [0.25, 0.3) is 0 Å². The molecule has 2 aromatic carbocycles. The van der Waals surface area contributed by atoms with Crippen LogP contribution in [0.15, 0.2) is 67.0 Å². The van der Waals surface area contributed by atoms with Crippen molar-refractivity contribution in [3.05, 3.63) is 94.8 Å². The van der Waals surface area contributed by atoms with Crippen LogP contribution in [0.5, 0.6) is 23.0 Å². The second-order valence-electron chi connectivity index (χ2n) is 13.7. The van der Waals surface area contributed by atoms with Crippen LogP contribution in [0.25, 0.3) is 0 Å². The van der Waals surface area contributed by atoms with Crippen molar-refractivity contribution in [3.63, 3.8) is 0 Å². The minimum Gasteiger partial charge on any atom is -0.670 e. The zero-order chi connectivity index (χ0) is 31.9. The van der Waals surface area contributed by atoms with Gasteiger partial charge in [-0.25, -0.2) is 0 Å². The first kappa shape index (κ1) is 30.9. The SMILES string of the molecule is CNC1C=CC2C(CC=CC2c2cc(C3CCC4C(O)CC(c5cc(O)c(O)c(OC)c5Cc5cc[n-]c5)OC4C3)ccc2O)C1. The van der Waals surface area contributed by atoms with Crippen LogP contribution in [0.2, 0.25) is 0 Å². The molecule has 2 fully saturated rings. The number of aliphatic hydroxyl groups excluding tert-OH is 1. The van der Waals surface area contributed by atoms with E-state index in [-0.39, 0.29) is 41.1 Å². The molecular weight excluding hydrogens is 580 g/mol. The molecule has 3 aliphatic carbocycles. The highest BCUT2D eigenvalue weighted by molar-refractivity contribution is 5.59. The lowest BCUT2D eigenvalue weighted by molar-refractivity contribution is -0.154. The molecule has 46 heavy (non-hydrogen) atoms. The summed E-state index contributed by atoms with van der Waals surface area (Å²) in [5.41, 5.74) is 4.56. The molecule has 3 aromatic rings. The van der Waals surface area contributed by atoms with Gasteiger partial charge >= 0.3 is 0 Å². The van der Waals surface area contributed by atoms with Crippen LogP contribution in [0.3, 0.4) is 0 Å². The van der Waals surface area contributed by atoms with Gasteiger partial charge in [-0.3, -0.25) is 0 Å². The first-order valence-electron chi connectivity index (χ1n) is 16.7. The number of phenolic OH excluding ortho intramolecular Hbond substituents is 3. The van der Waals surface area contributed by atoms with E-state index in [0.717, 1.165) is 43.2 Å². The molecule has 244 valence electrons. The Kier molecular flexibility index (Phi) is 8.61. The highest BCUT2D eigenvalue weighted by atomic mass is 16.5. The van der Waals surface area contributed by atoms with Crippen LogP contribution in [0.4, 0.5) is 0 Å². The van der Waals surface area contributed by atoms with Crippen LogP contribution in [-0.4, -0.2) is 52.8 Å². The number of benzene rings is 2. The summed E-state index contributed by atoms with van der Waals surface area (Å²) in [4.78, 5) is 4.18. The zero-order valence-electron chi connectivity index (χ0n) is 26.5. The Hall–Kier alpha value is -3.72. The van der Waals surface area contributed by atoms with Gasteiger partial charge in [0.2, 0.25) is 5.75 Å². The van der Waals surface area contributed by atoms with Gasteiger partial charge in [0.1, 0.15) is 5.75 Å². The van der Waals surface area contributed by atoms with Crippen molar-refractivity contribution < 1.29 is 29.9 Å². The topological polar surface area (TPSA) is 126 Å². The van der Waals surface area contributed by atoms with E-state index in [9.17, 15) is 20.4 Å². The fraction of sp³-hybridized carbons (Fsp3) is 0.474. The molecule has 1 saturated carbocycles. The number of aromatic hydroxyl groups is 3. The average molecular weight is 626 g/mol. The lowest BCUT2D eigenvalue weighted by Gasteiger charge is -2.45. The average Bonchev–Trinajstić information content (AvgIpc) is 3.59. The van der Waals surface area contributed by atoms with Gasteiger partial charge in [0, 0.05) is 35.4 Å². The quantitative estimate of drug-likeness (QED) is 0.161. The third-order valence-electron chi connectivity index (χ3n) is 11.2. The molecule has 1 aliphatic heterocycles. The van der Waals surface area contributed by atoms with E-state index < -0.39 is 12.2 Å². The Balaban J connectivity index is 1.15. The molecule has 0 amide bonds. The van der Waals surface area contributed by atoms with Crippen molar-refractivity contribution in [3.8, 4) is 23.0 Å². The molecule has 0 bridgehead atoms. The lowest BCUT2D eigenvalue weighted by Crippen LogP contribution is -2.44. The number of phenols is 3. The Morgan fingerprint density at radius 1 is 0.978 bits per heavy atom. The van der Waals surface area contributed by atoms with Gasteiger partial charge in [0.05, 0.1) is 25.4 Å². The second kappa shape index (κ2) is 12.8. The monoisotopic (exact) mass is 625 g/mol. The van der Waals surface area contributed by atoms with Crippen molar-refractivity contribution in [2.75, 3.05) is 14.2 Å². The van der Waals surface area contributed by atoms with Crippen molar-refractivity contribution >= 4 is 0 Å². The molecule has 0 radical (unpaired) electrons. The fourth-order valence-electron chi connectivity index (χ4n) is 8.72. The first-order chi connectivity index (χ1) is 22.3. The predicted molar refractivity (Wildman–Crippen MR) is 175 cm³/mol. The van der Waals surface area contributed by atoms with E-state index in [1.807, 2.05) is 25.2 Å².